The molecule has 1 aromatic rings. The van der Waals surface area contributed by atoms with E-state index in [1.54, 1.807) is 0 Å². The van der Waals surface area contributed by atoms with E-state index in [1.807, 2.05) is 18.2 Å². The highest BCUT2D eigenvalue weighted by Gasteiger charge is 2.51. The molecule has 8 nitrogen and oxygen atoms in total. The molecule has 2 heterocycles. The Hall–Kier alpha value is -2.32. The quantitative estimate of drug-likeness (QED) is 0.464. The summed E-state index contributed by atoms with van der Waals surface area (Å²) in [5, 5.41) is 9.60. The Bertz CT molecular complexity index is 950. The molecule has 1 aromatic carbocycles. The number of carbonyl (C=O) groups is 2. The van der Waals surface area contributed by atoms with Crippen LogP contribution in [-0.2, 0) is 4.74 Å². The molecule has 4 saturated carbocycles. The van der Waals surface area contributed by atoms with Gasteiger partial charge in [0.25, 0.3) is 5.91 Å². The van der Waals surface area contributed by atoms with Crippen molar-refractivity contribution in [3.63, 3.8) is 0 Å². The van der Waals surface area contributed by atoms with Gasteiger partial charge in [0.1, 0.15) is 0 Å². The molecule has 2 aliphatic heterocycles. The van der Waals surface area contributed by atoms with Crippen molar-refractivity contribution in [2.75, 3.05) is 62.7 Å². The summed E-state index contributed by atoms with van der Waals surface area (Å²) in [5.74, 6) is 2.29. The van der Waals surface area contributed by atoms with E-state index in [1.165, 1.54) is 19.3 Å². The first-order chi connectivity index (χ1) is 18.1. The molecule has 202 valence electrons. The van der Waals surface area contributed by atoms with Crippen molar-refractivity contribution >= 4 is 23.3 Å². The maximum absolute atomic E-state index is 13.3. The van der Waals surface area contributed by atoms with E-state index in [0.717, 1.165) is 108 Å². The predicted molar refractivity (Wildman–Crippen MR) is 145 cm³/mol. The van der Waals surface area contributed by atoms with Crippen molar-refractivity contribution in [2.45, 2.75) is 63.3 Å². The van der Waals surface area contributed by atoms with Gasteiger partial charge in [-0.2, -0.15) is 0 Å². The van der Waals surface area contributed by atoms with E-state index in [-0.39, 0.29) is 17.5 Å². The zero-order chi connectivity index (χ0) is 25.2. The van der Waals surface area contributed by atoms with Crippen molar-refractivity contribution in [3.8, 4) is 0 Å². The summed E-state index contributed by atoms with van der Waals surface area (Å²) in [5.41, 5.74) is 2.27. The van der Waals surface area contributed by atoms with Gasteiger partial charge in [-0.3, -0.25) is 9.69 Å². The van der Waals surface area contributed by atoms with Crippen LogP contribution in [0.5, 0.6) is 0 Å². The second kappa shape index (κ2) is 10.8. The highest BCUT2D eigenvalue weighted by Crippen LogP contribution is 2.55. The Balaban J connectivity index is 1.09. The molecule has 0 aromatic heterocycles. The second-order valence-corrected chi connectivity index (χ2v) is 12.3. The molecule has 3 N–H and O–H groups in total. The Labute approximate surface area is 220 Å². The van der Waals surface area contributed by atoms with Crippen LogP contribution < -0.4 is 20.9 Å². The van der Waals surface area contributed by atoms with Gasteiger partial charge in [-0.15, -0.1) is 0 Å². The number of anilines is 2. The standard InChI is InChI=1S/C29H43N5O3/c35-27(30-6-3-7-33-10-12-37-13-11-33)25-17-24(4-5-26(25)34-8-1-2-9-34)31-28(36)32-29-18-21-14-22(19-29)16-23(15-21)20-29/h4-5,17,21-23H,1-3,6-16,18-20H2,(H,30,35)(H2,31,32,36). The van der Waals surface area contributed by atoms with Gasteiger partial charge < -0.3 is 25.6 Å². The summed E-state index contributed by atoms with van der Waals surface area (Å²) in [7, 11) is 0. The lowest BCUT2D eigenvalue weighted by atomic mass is 9.53. The second-order valence-electron chi connectivity index (χ2n) is 12.3. The van der Waals surface area contributed by atoms with Gasteiger partial charge in [-0.25, -0.2) is 4.79 Å². The van der Waals surface area contributed by atoms with Crippen LogP contribution in [0, 0.1) is 17.8 Å². The maximum Gasteiger partial charge on any atom is 0.319 e. The first-order valence-corrected chi connectivity index (χ1v) is 14.6. The molecular weight excluding hydrogens is 466 g/mol. The summed E-state index contributed by atoms with van der Waals surface area (Å²) in [6, 6.07) is 5.69. The minimum Gasteiger partial charge on any atom is -0.379 e. The van der Waals surface area contributed by atoms with Gasteiger partial charge in [0, 0.05) is 49.6 Å². The number of hydrogen-bond donors (Lipinski definition) is 3. The molecule has 0 atom stereocenters. The predicted octanol–water partition coefficient (Wildman–Crippen LogP) is 3.83. The number of ether oxygens (including phenoxy) is 1. The number of hydrogen-bond acceptors (Lipinski definition) is 5. The molecule has 2 saturated heterocycles. The number of rotatable bonds is 8. The van der Waals surface area contributed by atoms with Crippen LogP contribution in [0.25, 0.3) is 0 Å². The van der Waals surface area contributed by atoms with Crippen molar-refractivity contribution in [2.24, 2.45) is 17.8 Å². The number of nitrogens with one attached hydrogen (secondary N) is 3. The lowest BCUT2D eigenvalue weighted by Gasteiger charge is -2.56. The van der Waals surface area contributed by atoms with E-state index in [4.69, 9.17) is 4.74 Å². The molecule has 7 rings (SSSR count). The molecule has 6 aliphatic rings. The van der Waals surface area contributed by atoms with Gasteiger partial charge >= 0.3 is 6.03 Å². The summed E-state index contributed by atoms with van der Waals surface area (Å²) in [6.07, 6.45) is 10.6. The van der Waals surface area contributed by atoms with Crippen LogP contribution in [0.2, 0.25) is 0 Å². The van der Waals surface area contributed by atoms with Gasteiger partial charge in [0.2, 0.25) is 0 Å². The fourth-order valence-corrected chi connectivity index (χ4v) is 8.12. The topological polar surface area (TPSA) is 85.9 Å². The van der Waals surface area contributed by atoms with Crippen LogP contribution in [-0.4, -0.2) is 74.9 Å². The van der Waals surface area contributed by atoms with Gasteiger partial charge in [-0.1, -0.05) is 0 Å². The molecule has 3 amide bonds. The maximum atomic E-state index is 13.3. The third-order valence-corrected chi connectivity index (χ3v) is 9.40. The largest absolute Gasteiger partial charge is 0.379 e. The first kappa shape index (κ1) is 25.0. The summed E-state index contributed by atoms with van der Waals surface area (Å²) < 4.78 is 5.42. The third kappa shape index (κ3) is 5.75. The number of carbonyl (C=O) groups excluding carboxylic acids is 2. The van der Waals surface area contributed by atoms with Crippen molar-refractivity contribution in [1.29, 1.82) is 0 Å². The molecule has 0 spiro atoms. The van der Waals surface area contributed by atoms with Crippen molar-refractivity contribution < 1.29 is 14.3 Å². The number of nitrogens with zero attached hydrogens (tertiary/aromatic N) is 2. The molecule has 37 heavy (non-hydrogen) atoms. The van der Waals surface area contributed by atoms with Crippen LogP contribution in [0.3, 0.4) is 0 Å². The highest BCUT2D eigenvalue weighted by atomic mass is 16.5. The average molecular weight is 510 g/mol. The van der Waals surface area contributed by atoms with E-state index in [9.17, 15) is 9.59 Å². The van der Waals surface area contributed by atoms with Crippen LogP contribution in [0.1, 0.15) is 68.1 Å². The highest BCUT2D eigenvalue weighted by molar-refractivity contribution is 6.02. The van der Waals surface area contributed by atoms with Gasteiger partial charge in [0.05, 0.1) is 18.8 Å². The van der Waals surface area contributed by atoms with E-state index in [2.05, 4.69) is 25.8 Å². The zero-order valence-electron chi connectivity index (χ0n) is 22.1. The lowest BCUT2D eigenvalue weighted by Crippen LogP contribution is -2.60. The fraction of sp³-hybridized carbons (Fsp3) is 0.724. The van der Waals surface area contributed by atoms with Crippen LogP contribution in [0.15, 0.2) is 18.2 Å². The Kier molecular flexibility index (Phi) is 7.30. The fourth-order valence-electron chi connectivity index (χ4n) is 8.12. The monoisotopic (exact) mass is 509 g/mol. The first-order valence-electron chi connectivity index (χ1n) is 14.6. The minimum absolute atomic E-state index is 0.0327. The van der Waals surface area contributed by atoms with Crippen molar-refractivity contribution in [1.82, 2.24) is 15.5 Å². The van der Waals surface area contributed by atoms with Crippen molar-refractivity contribution in [3.05, 3.63) is 23.8 Å². The number of benzene rings is 1. The summed E-state index contributed by atoms with van der Waals surface area (Å²) >= 11 is 0. The Morgan fingerprint density at radius 1 is 0.946 bits per heavy atom. The Morgan fingerprint density at radius 2 is 1.62 bits per heavy atom. The van der Waals surface area contributed by atoms with Crippen LogP contribution >= 0.6 is 0 Å². The summed E-state index contributed by atoms with van der Waals surface area (Å²) in [4.78, 5) is 31.1. The van der Waals surface area contributed by atoms with E-state index >= 15 is 0 Å². The normalized spacial score (nSPS) is 30.9. The smallest absolute Gasteiger partial charge is 0.319 e. The van der Waals surface area contributed by atoms with E-state index in [0.29, 0.717) is 17.8 Å². The molecule has 4 bridgehead atoms. The number of morpholine rings is 1. The Morgan fingerprint density at radius 3 is 2.30 bits per heavy atom. The van der Waals surface area contributed by atoms with Gasteiger partial charge in [-0.05, 0) is 100 Å². The molecular formula is C29H43N5O3. The third-order valence-electron chi connectivity index (χ3n) is 9.40. The minimum atomic E-state index is -0.132. The zero-order valence-corrected chi connectivity index (χ0v) is 22.1. The number of urea groups is 1. The molecule has 6 fully saturated rings. The molecule has 0 unspecified atom stereocenters. The molecule has 0 radical (unpaired) electrons. The molecule has 4 aliphatic carbocycles. The number of amides is 3. The lowest BCUT2D eigenvalue weighted by molar-refractivity contribution is -0.0127. The SMILES string of the molecule is O=C(Nc1ccc(N2CCCC2)c(C(=O)NCCCN2CCOCC2)c1)NC12CC3CC(CC(C3)C1)C2. The van der Waals surface area contributed by atoms with Crippen LogP contribution in [0.4, 0.5) is 16.2 Å². The average Bonchev–Trinajstić information content (AvgIpc) is 3.41. The molecule has 8 heteroatoms. The van der Waals surface area contributed by atoms with E-state index < -0.39 is 0 Å². The van der Waals surface area contributed by atoms with Gasteiger partial charge in [0.15, 0.2) is 0 Å². The summed E-state index contributed by atoms with van der Waals surface area (Å²) in [6.45, 7) is 7.06.